The molecule has 0 bridgehead atoms. The molecule has 0 saturated carbocycles. The highest BCUT2D eigenvalue weighted by molar-refractivity contribution is 5.79. The summed E-state index contributed by atoms with van der Waals surface area (Å²) in [6.07, 6.45) is 0.769. The van der Waals surface area contributed by atoms with E-state index in [4.69, 9.17) is 4.74 Å². The molecule has 0 aliphatic rings. The summed E-state index contributed by atoms with van der Waals surface area (Å²) >= 11 is 0. The fourth-order valence-electron chi connectivity index (χ4n) is 3.74. The second kappa shape index (κ2) is 10.4. The van der Waals surface area contributed by atoms with E-state index in [0.717, 1.165) is 34.6 Å². The molecule has 3 nitrogen and oxygen atoms in total. The van der Waals surface area contributed by atoms with Gasteiger partial charge in [-0.1, -0.05) is 73.5 Å². The molecule has 34 heavy (non-hydrogen) atoms. The second-order valence-corrected chi connectivity index (χ2v) is 8.81. The molecule has 0 fully saturated rings. The van der Waals surface area contributed by atoms with Gasteiger partial charge in [0.05, 0.1) is 5.92 Å². The SMILES string of the molecule is CCC(C)C(=O)Oc1ccc(-c2ccc(N(c3ccc(C)cc3)c3ccc(C)cc3)cc2)cc1. The molecule has 0 N–H and O–H groups in total. The standard InChI is InChI=1S/C31H31NO2/c1-5-24(4)31(33)34-30-20-12-26(13-21-30)25-10-18-29(19-11-25)32(27-14-6-22(2)7-15-27)28-16-8-23(3)9-17-28/h6-21,24H,5H2,1-4H3. The van der Waals surface area contributed by atoms with E-state index in [1.165, 1.54) is 11.1 Å². The van der Waals surface area contributed by atoms with Crippen LogP contribution < -0.4 is 9.64 Å². The average molecular weight is 450 g/mol. The molecule has 1 unspecified atom stereocenters. The maximum Gasteiger partial charge on any atom is 0.314 e. The lowest BCUT2D eigenvalue weighted by atomic mass is 10.0. The normalized spacial score (nSPS) is 11.6. The lowest BCUT2D eigenvalue weighted by Crippen LogP contribution is -2.16. The summed E-state index contributed by atoms with van der Waals surface area (Å²) in [5, 5.41) is 0. The van der Waals surface area contributed by atoms with Crippen LogP contribution >= 0.6 is 0 Å². The van der Waals surface area contributed by atoms with Crippen molar-refractivity contribution in [2.24, 2.45) is 5.92 Å². The third-order valence-corrected chi connectivity index (χ3v) is 6.13. The highest BCUT2D eigenvalue weighted by Crippen LogP contribution is 2.36. The third kappa shape index (κ3) is 5.37. The van der Waals surface area contributed by atoms with Gasteiger partial charge in [0.1, 0.15) is 5.75 Å². The minimum atomic E-state index is -0.188. The number of benzene rings is 4. The van der Waals surface area contributed by atoms with Crippen molar-refractivity contribution in [2.45, 2.75) is 34.1 Å². The summed E-state index contributed by atoms with van der Waals surface area (Å²) in [6.45, 7) is 8.07. The predicted molar refractivity (Wildman–Crippen MR) is 141 cm³/mol. The van der Waals surface area contributed by atoms with E-state index < -0.39 is 0 Å². The minimum absolute atomic E-state index is 0.0998. The molecular weight excluding hydrogens is 418 g/mol. The zero-order valence-corrected chi connectivity index (χ0v) is 20.3. The van der Waals surface area contributed by atoms with Gasteiger partial charge in [-0.15, -0.1) is 0 Å². The fraction of sp³-hybridized carbons (Fsp3) is 0.194. The molecule has 0 aliphatic heterocycles. The zero-order valence-electron chi connectivity index (χ0n) is 20.3. The minimum Gasteiger partial charge on any atom is -0.426 e. The van der Waals surface area contributed by atoms with Crippen LogP contribution in [0.4, 0.5) is 17.1 Å². The fourth-order valence-corrected chi connectivity index (χ4v) is 3.74. The average Bonchev–Trinajstić information content (AvgIpc) is 2.87. The Labute approximate surface area is 202 Å². The van der Waals surface area contributed by atoms with E-state index >= 15 is 0 Å². The van der Waals surface area contributed by atoms with Crippen molar-refractivity contribution in [1.82, 2.24) is 0 Å². The molecule has 4 aromatic carbocycles. The van der Waals surface area contributed by atoms with E-state index in [1.54, 1.807) is 0 Å². The Hall–Kier alpha value is -3.85. The van der Waals surface area contributed by atoms with Crippen LogP contribution in [0.25, 0.3) is 11.1 Å². The second-order valence-electron chi connectivity index (χ2n) is 8.81. The van der Waals surface area contributed by atoms with Crippen LogP contribution in [-0.4, -0.2) is 5.97 Å². The number of anilines is 3. The predicted octanol–water partition coefficient (Wildman–Crippen LogP) is 8.39. The molecule has 1 atom stereocenters. The monoisotopic (exact) mass is 449 g/mol. The molecule has 4 rings (SSSR count). The number of carbonyl (C=O) groups excluding carboxylic acids is 1. The molecule has 0 radical (unpaired) electrons. The number of esters is 1. The Kier molecular flexibility index (Phi) is 7.12. The number of ether oxygens (including phenoxy) is 1. The molecule has 0 heterocycles. The Morgan fingerprint density at radius 1 is 0.676 bits per heavy atom. The highest BCUT2D eigenvalue weighted by atomic mass is 16.5. The van der Waals surface area contributed by atoms with Gasteiger partial charge in [-0.25, -0.2) is 0 Å². The van der Waals surface area contributed by atoms with Crippen molar-refractivity contribution in [2.75, 3.05) is 4.90 Å². The van der Waals surface area contributed by atoms with Crippen molar-refractivity contribution < 1.29 is 9.53 Å². The summed E-state index contributed by atoms with van der Waals surface area (Å²) in [5.41, 5.74) is 7.99. The van der Waals surface area contributed by atoms with Crippen LogP contribution in [0.1, 0.15) is 31.4 Å². The van der Waals surface area contributed by atoms with Gasteiger partial charge in [0.15, 0.2) is 0 Å². The first kappa shape index (κ1) is 23.3. The molecule has 0 amide bonds. The molecule has 0 aromatic heterocycles. The first-order chi connectivity index (χ1) is 16.4. The largest absolute Gasteiger partial charge is 0.426 e. The van der Waals surface area contributed by atoms with E-state index in [1.807, 2.05) is 38.1 Å². The third-order valence-electron chi connectivity index (χ3n) is 6.13. The Morgan fingerprint density at radius 2 is 1.06 bits per heavy atom. The van der Waals surface area contributed by atoms with Gasteiger partial charge < -0.3 is 9.64 Å². The number of nitrogens with zero attached hydrogens (tertiary/aromatic N) is 1. The van der Waals surface area contributed by atoms with E-state index in [2.05, 4.69) is 91.5 Å². The van der Waals surface area contributed by atoms with E-state index in [0.29, 0.717) is 5.75 Å². The van der Waals surface area contributed by atoms with E-state index in [-0.39, 0.29) is 11.9 Å². The number of aryl methyl sites for hydroxylation is 2. The number of rotatable bonds is 7. The maximum absolute atomic E-state index is 12.0. The summed E-state index contributed by atoms with van der Waals surface area (Å²) in [6, 6.07) is 33.4. The van der Waals surface area contributed by atoms with Crippen LogP contribution in [0.5, 0.6) is 5.75 Å². The summed E-state index contributed by atoms with van der Waals surface area (Å²) in [5.74, 6) is 0.291. The van der Waals surface area contributed by atoms with Gasteiger partial charge in [-0.05, 0) is 79.9 Å². The molecule has 172 valence electrons. The van der Waals surface area contributed by atoms with Gasteiger partial charge in [-0.3, -0.25) is 4.79 Å². The van der Waals surface area contributed by atoms with Crippen molar-refractivity contribution in [3.8, 4) is 16.9 Å². The molecule has 0 spiro atoms. The van der Waals surface area contributed by atoms with Crippen LogP contribution in [0, 0.1) is 19.8 Å². The van der Waals surface area contributed by atoms with Crippen molar-refractivity contribution >= 4 is 23.0 Å². The highest BCUT2D eigenvalue weighted by Gasteiger charge is 2.14. The summed E-state index contributed by atoms with van der Waals surface area (Å²) in [4.78, 5) is 14.3. The Morgan fingerprint density at radius 3 is 1.47 bits per heavy atom. The Bertz CT molecular complexity index is 1180. The zero-order chi connectivity index (χ0) is 24.1. The van der Waals surface area contributed by atoms with Gasteiger partial charge in [0.2, 0.25) is 0 Å². The van der Waals surface area contributed by atoms with Gasteiger partial charge in [0.25, 0.3) is 0 Å². The van der Waals surface area contributed by atoms with Crippen molar-refractivity contribution in [3.05, 3.63) is 108 Å². The number of hydrogen-bond donors (Lipinski definition) is 0. The Balaban J connectivity index is 1.59. The van der Waals surface area contributed by atoms with Crippen LogP contribution in [0.2, 0.25) is 0 Å². The number of carbonyl (C=O) groups is 1. The van der Waals surface area contributed by atoms with Crippen LogP contribution in [-0.2, 0) is 4.79 Å². The lowest BCUT2D eigenvalue weighted by molar-refractivity contribution is -0.138. The quantitative estimate of drug-likeness (QED) is 0.210. The molecule has 4 aromatic rings. The molecular formula is C31H31NO2. The molecule has 0 saturated heterocycles. The summed E-state index contributed by atoms with van der Waals surface area (Å²) in [7, 11) is 0. The van der Waals surface area contributed by atoms with Gasteiger partial charge >= 0.3 is 5.97 Å². The van der Waals surface area contributed by atoms with Crippen molar-refractivity contribution in [3.63, 3.8) is 0 Å². The smallest absolute Gasteiger partial charge is 0.314 e. The lowest BCUT2D eigenvalue weighted by Gasteiger charge is -2.26. The first-order valence-corrected chi connectivity index (χ1v) is 11.8. The van der Waals surface area contributed by atoms with Gasteiger partial charge in [0, 0.05) is 17.1 Å². The summed E-state index contributed by atoms with van der Waals surface area (Å²) < 4.78 is 5.48. The number of hydrogen-bond acceptors (Lipinski definition) is 3. The maximum atomic E-state index is 12.0. The molecule has 0 aliphatic carbocycles. The topological polar surface area (TPSA) is 29.5 Å². The van der Waals surface area contributed by atoms with Crippen LogP contribution in [0.3, 0.4) is 0 Å². The van der Waals surface area contributed by atoms with E-state index in [9.17, 15) is 4.79 Å². The molecule has 3 heteroatoms. The van der Waals surface area contributed by atoms with Crippen LogP contribution in [0.15, 0.2) is 97.1 Å². The van der Waals surface area contributed by atoms with Gasteiger partial charge in [-0.2, -0.15) is 0 Å². The van der Waals surface area contributed by atoms with Crippen molar-refractivity contribution in [1.29, 1.82) is 0 Å². The first-order valence-electron chi connectivity index (χ1n) is 11.8.